The summed E-state index contributed by atoms with van der Waals surface area (Å²) in [5, 5.41) is 10.8. The molecule has 0 fully saturated rings. The zero-order valence-corrected chi connectivity index (χ0v) is 12.2. The Hall–Kier alpha value is -2.63. The lowest BCUT2D eigenvalue weighted by atomic mass is 10.1. The summed E-state index contributed by atoms with van der Waals surface area (Å²) in [5.41, 5.74) is 2.50. The van der Waals surface area contributed by atoms with Gasteiger partial charge in [0, 0.05) is 12.6 Å². The van der Waals surface area contributed by atoms with Gasteiger partial charge in [-0.15, -0.1) is 0 Å². The molecule has 6 heteroatoms. The topological polar surface area (TPSA) is 75.7 Å². The summed E-state index contributed by atoms with van der Waals surface area (Å²) < 4.78 is 5.74. The number of nitrogens with one attached hydrogen (secondary N) is 2. The summed E-state index contributed by atoms with van der Waals surface area (Å²) >= 11 is 0. The van der Waals surface area contributed by atoms with Crippen molar-refractivity contribution in [2.75, 3.05) is 12.4 Å². The quantitative estimate of drug-likeness (QED) is 0.770. The largest absolute Gasteiger partial charge is 0.491 e. The molecule has 0 aliphatic rings. The maximum atomic E-state index is 5.74. The van der Waals surface area contributed by atoms with Crippen LogP contribution in [0.25, 0.3) is 22.3 Å². The van der Waals surface area contributed by atoms with Gasteiger partial charge in [0.05, 0.1) is 23.4 Å². The monoisotopic (exact) mass is 283 g/mol. The summed E-state index contributed by atoms with van der Waals surface area (Å²) in [7, 11) is 1.79. The Morgan fingerprint density at radius 1 is 1.24 bits per heavy atom. The molecule has 0 spiro atoms. The van der Waals surface area contributed by atoms with E-state index in [-0.39, 0.29) is 6.10 Å². The lowest BCUT2D eigenvalue weighted by Gasteiger charge is -2.11. The Morgan fingerprint density at radius 3 is 2.86 bits per heavy atom. The third kappa shape index (κ3) is 2.65. The Balaban J connectivity index is 2.13. The van der Waals surface area contributed by atoms with Crippen molar-refractivity contribution in [1.29, 1.82) is 0 Å². The lowest BCUT2D eigenvalue weighted by Crippen LogP contribution is -2.05. The Labute approximate surface area is 122 Å². The minimum atomic E-state index is 0.132. The first-order valence-electron chi connectivity index (χ1n) is 6.83. The first-order valence-corrected chi connectivity index (χ1v) is 6.83. The zero-order chi connectivity index (χ0) is 14.8. The second kappa shape index (κ2) is 5.40. The van der Waals surface area contributed by atoms with Gasteiger partial charge in [-0.05, 0) is 26.0 Å². The molecule has 1 aromatic carbocycles. The van der Waals surface area contributed by atoms with Crippen LogP contribution in [0.4, 0.5) is 5.95 Å². The molecule has 0 saturated carbocycles. The highest BCUT2D eigenvalue weighted by molar-refractivity contribution is 5.90. The highest BCUT2D eigenvalue weighted by Crippen LogP contribution is 2.28. The first-order chi connectivity index (χ1) is 10.2. The normalized spacial score (nSPS) is 11.0. The van der Waals surface area contributed by atoms with E-state index in [0.29, 0.717) is 11.6 Å². The number of benzene rings is 1. The molecule has 0 aliphatic carbocycles. The average Bonchev–Trinajstić information content (AvgIpc) is 2.94. The van der Waals surface area contributed by atoms with Gasteiger partial charge in [-0.3, -0.25) is 5.10 Å². The van der Waals surface area contributed by atoms with E-state index in [4.69, 9.17) is 4.74 Å². The second-order valence-electron chi connectivity index (χ2n) is 4.97. The van der Waals surface area contributed by atoms with Crippen molar-refractivity contribution in [3.05, 3.63) is 30.5 Å². The van der Waals surface area contributed by atoms with Gasteiger partial charge in [-0.1, -0.05) is 12.1 Å². The van der Waals surface area contributed by atoms with E-state index in [1.807, 2.05) is 38.1 Å². The fourth-order valence-corrected chi connectivity index (χ4v) is 2.16. The van der Waals surface area contributed by atoms with E-state index < -0.39 is 0 Å². The summed E-state index contributed by atoms with van der Waals surface area (Å²) in [6, 6.07) is 7.88. The number of H-pyrrole nitrogens is 1. The molecule has 0 aliphatic heterocycles. The molecule has 108 valence electrons. The molecule has 0 saturated heterocycles. The maximum Gasteiger partial charge on any atom is 0.225 e. The standard InChI is InChI=1S/C15H17N5O/c1-9(2)21-11-6-4-5-10(7-11)13-12-8-17-20-14(12)19-15(16-3)18-13/h4-9H,1-3H3,(H2,16,17,18,19,20). The van der Waals surface area contributed by atoms with Crippen LogP contribution in [0.3, 0.4) is 0 Å². The van der Waals surface area contributed by atoms with Crippen LogP contribution >= 0.6 is 0 Å². The molecule has 2 N–H and O–H groups in total. The van der Waals surface area contributed by atoms with Gasteiger partial charge in [0.2, 0.25) is 5.95 Å². The van der Waals surface area contributed by atoms with Crippen LogP contribution in [0.5, 0.6) is 5.75 Å². The maximum absolute atomic E-state index is 5.74. The van der Waals surface area contributed by atoms with Gasteiger partial charge in [0.25, 0.3) is 0 Å². The van der Waals surface area contributed by atoms with Crippen LogP contribution in [0.15, 0.2) is 30.5 Å². The molecule has 0 amide bonds. The number of rotatable bonds is 4. The third-order valence-corrected chi connectivity index (χ3v) is 3.01. The molecule has 0 atom stereocenters. The van der Waals surface area contributed by atoms with Gasteiger partial charge in [-0.25, -0.2) is 4.98 Å². The summed E-state index contributed by atoms with van der Waals surface area (Å²) in [4.78, 5) is 8.88. The van der Waals surface area contributed by atoms with E-state index in [1.54, 1.807) is 13.2 Å². The molecule has 3 aromatic rings. The highest BCUT2D eigenvalue weighted by Gasteiger charge is 2.11. The molecule has 0 unspecified atom stereocenters. The Bertz CT molecular complexity index is 766. The van der Waals surface area contributed by atoms with Gasteiger partial charge >= 0.3 is 0 Å². The number of aromatic amines is 1. The average molecular weight is 283 g/mol. The number of aromatic nitrogens is 4. The number of nitrogens with zero attached hydrogens (tertiary/aromatic N) is 3. The second-order valence-corrected chi connectivity index (χ2v) is 4.97. The Kier molecular flexibility index (Phi) is 3.43. The predicted octanol–water partition coefficient (Wildman–Crippen LogP) is 2.85. The highest BCUT2D eigenvalue weighted by atomic mass is 16.5. The molecular weight excluding hydrogens is 266 g/mol. The SMILES string of the molecule is CNc1nc(-c2cccc(OC(C)C)c2)c2cn[nH]c2n1. The molecule has 2 aromatic heterocycles. The zero-order valence-electron chi connectivity index (χ0n) is 12.2. The third-order valence-electron chi connectivity index (χ3n) is 3.01. The number of hydrogen-bond acceptors (Lipinski definition) is 5. The van der Waals surface area contributed by atoms with Crippen molar-refractivity contribution in [1.82, 2.24) is 20.2 Å². The minimum Gasteiger partial charge on any atom is -0.491 e. The van der Waals surface area contributed by atoms with Gasteiger partial charge < -0.3 is 10.1 Å². The first kappa shape index (κ1) is 13.4. The van der Waals surface area contributed by atoms with Gasteiger partial charge in [0.15, 0.2) is 5.65 Å². The number of anilines is 1. The van der Waals surface area contributed by atoms with E-state index in [9.17, 15) is 0 Å². The summed E-state index contributed by atoms with van der Waals surface area (Å²) in [5.74, 6) is 1.38. The van der Waals surface area contributed by atoms with E-state index in [0.717, 1.165) is 22.4 Å². The summed E-state index contributed by atoms with van der Waals surface area (Å²) in [6.45, 7) is 4.01. The summed E-state index contributed by atoms with van der Waals surface area (Å²) in [6.07, 6.45) is 1.87. The fraction of sp³-hybridized carbons (Fsp3) is 0.267. The molecule has 0 radical (unpaired) electrons. The molecule has 6 nitrogen and oxygen atoms in total. The minimum absolute atomic E-state index is 0.132. The van der Waals surface area contributed by atoms with Crippen LogP contribution in [-0.4, -0.2) is 33.3 Å². The molecule has 0 bridgehead atoms. The predicted molar refractivity (Wildman–Crippen MR) is 82.4 cm³/mol. The van der Waals surface area contributed by atoms with Crippen LogP contribution in [0.2, 0.25) is 0 Å². The molecular formula is C15H17N5O. The van der Waals surface area contributed by atoms with Crippen molar-refractivity contribution in [2.45, 2.75) is 20.0 Å². The van der Waals surface area contributed by atoms with Crippen molar-refractivity contribution in [2.24, 2.45) is 0 Å². The van der Waals surface area contributed by atoms with E-state index in [2.05, 4.69) is 25.5 Å². The smallest absolute Gasteiger partial charge is 0.225 e. The fourth-order valence-electron chi connectivity index (χ4n) is 2.16. The molecule has 21 heavy (non-hydrogen) atoms. The van der Waals surface area contributed by atoms with Crippen LogP contribution in [-0.2, 0) is 0 Å². The van der Waals surface area contributed by atoms with Crippen molar-refractivity contribution in [3.63, 3.8) is 0 Å². The number of hydrogen-bond donors (Lipinski definition) is 2. The van der Waals surface area contributed by atoms with Gasteiger partial charge in [0.1, 0.15) is 5.75 Å². The van der Waals surface area contributed by atoms with Gasteiger partial charge in [-0.2, -0.15) is 10.1 Å². The molecule has 2 heterocycles. The number of fused-ring (bicyclic) bond motifs is 1. The van der Waals surface area contributed by atoms with Crippen LogP contribution in [0, 0.1) is 0 Å². The van der Waals surface area contributed by atoms with Crippen molar-refractivity contribution >= 4 is 17.0 Å². The lowest BCUT2D eigenvalue weighted by molar-refractivity contribution is 0.242. The molecule has 3 rings (SSSR count). The van der Waals surface area contributed by atoms with Crippen molar-refractivity contribution < 1.29 is 4.74 Å². The van der Waals surface area contributed by atoms with Crippen molar-refractivity contribution in [3.8, 4) is 17.0 Å². The van der Waals surface area contributed by atoms with E-state index in [1.165, 1.54) is 0 Å². The van der Waals surface area contributed by atoms with E-state index >= 15 is 0 Å². The van der Waals surface area contributed by atoms with Crippen LogP contribution in [0.1, 0.15) is 13.8 Å². The van der Waals surface area contributed by atoms with Crippen LogP contribution < -0.4 is 10.1 Å². The number of ether oxygens (including phenoxy) is 1. The Morgan fingerprint density at radius 2 is 2.10 bits per heavy atom.